The van der Waals surface area contributed by atoms with Gasteiger partial charge in [-0.1, -0.05) is 6.07 Å². The van der Waals surface area contributed by atoms with E-state index in [1.807, 2.05) is 31.2 Å². The molecule has 3 N–H and O–H groups in total. The first-order valence-electron chi connectivity index (χ1n) is 8.95. The summed E-state index contributed by atoms with van der Waals surface area (Å²) in [4.78, 5) is 26.4. The fraction of sp³-hybridized carbons (Fsp3) is 0.350. The lowest BCUT2D eigenvalue weighted by Crippen LogP contribution is -2.37. The van der Waals surface area contributed by atoms with Gasteiger partial charge in [0.2, 0.25) is 0 Å². The third kappa shape index (κ3) is 6.79. The van der Waals surface area contributed by atoms with Crippen LogP contribution in [0.25, 0.3) is 0 Å². The van der Waals surface area contributed by atoms with Gasteiger partial charge in [-0.15, -0.1) is 0 Å². The number of carbonyl (C=O) groups excluding carboxylic acids is 1. The van der Waals surface area contributed by atoms with Crippen LogP contribution in [0.4, 0.5) is 4.79 Å². The van der Waals surface area contributed by atoms with Crippen LogP contribution in [0.5, 0.6) is 11.5 Å². The monoisotopic (exact) mass is 387 g/mol. The van der Waals surface area contributed by atoms with Crippen LogP contribution in [0, 0.1) is 0 Å². The maximum absolute atomic E-state index is 11.9. The van der Waals surface area contributed by atoms with Crippen LogP contribution in [0.2, 0.25) is 0 Å². The molecule has 0 spiro atoms. The first-order chi connectivity index (χ1) is 13.5. The average molecular weight is 387 g/mol. The van der Waals surface area contributed by atoms with Crippen molar-refractivity contribution in [3.05, 3.63) is 53.9 Å². The van der Waals surface area contributed by atoms with Gasteiger partial charge in [-0.2, -0.15) is 0 Å². The van der Waals surface area contributed by atoms with Crippen molar-refractivity contribution in [1.29, 1.82) is 0 Å². The number of amides is 2. The predicted molar refractivity (Wildman–Crippen MR) is 103 cm³/mol. The molecule has 0 fully saturated rings. The SMILES string of the molecule is COc1cc(C(C)NC(=O)NCCCC(=O)O)ccc1OCc1ccncc1. The normalized spacial score (nSPS) is 11.4. The standard InChI is InChI=1S/C20H25N3O5/c1-14(23-20(26)22-9-3-4-19(24)25)16-5-6-17(18(12-16)27-2)28-13-15-7-10-21-11-8-15/h5-8,10-12,14H,3-4,9,13H2,1-2H3,(H,24,25)(H2,22,23,26). The molecule has 1 heterocycles. The Morgan fingerprint density at radius 2 is 1.93 bits per heavy atom. The number of benzene rings is 1. The van der Waals surface area contributed by atoms with E-state index in [2.05, 4.69) is 15.6 Å². The van der Waals surface area contributed by atoms with Crippen LogP contribution in [0.1, 0.15) is 36.9 Å². The van der Waals surface area contributed by atoms with Gasteiger partial charge < -0.3 is 25.2 Å². The van der Waals surface area contributed by atoms with Crippen LogP contribution in [-0.2, 0) is 11.4 Å². The fourth-order valence-corrected chi connectivity index (χ4v) is 2.49. The molecule has 1 unspecified atom stereocenters. The molecule has 0 saturated carbocycles. The van der Waals surface area contributed by atoms with Crippen molar-refractivity contribution in [3.8, 4) is 11.5 Å². The molecule has 8 heteroatoms. The number of aliphatic carboxylic acids is 1. The zero-order valence-corrected chi connectivity index (χ0v) is 16.0. The number of urea groups is 1. The second kappa shape index (κ2) is 10.8. The van der Waals surface area contributed by atoms with Crippen molar-refractivity contribution in [2.45, 2.75) is 32.4 Å². The summed E-state index contributed by atoms with van der Waals surface area (Å²) in [5.74, 6) is 0.296. The summed E-state index contributed by atoms with van der Waals surface area (Å²) in [5, 5.41) is 14.0. The number of methoxy groups -OCH3 is 1. The Morgan fingerprint density at radius 3 is 2.61 bits per heavy atom. The molecule has 1 aromatic heterocycles. The summed E-state index contributed by atoms with van der Waals surface area (Å²) in [6.45, 7) is 2.55. The van der Waals surface area contributed by atoms with Gasteiger partial charge >= 0.3 is 12.0 Å². The molecule has 0 saturated heterocycles. The molecule has 28 heavy (non-hydrogen) atoms. The number of aromatic nitrogens is 1. The molecule has 2 aromatic rings. The minimum absolute atomic E-state index is 0.0218. The number of nitrogens with zero attached hydrogens (tertiary/aromatic N) is 1. The van der Waals surface area contributed by atoms with Gasteiger partial charge in [0.05, 0.1) is 13.2 Å². The van der Waals surface area contributed by atoms with Crippen molar-refractivity contribution in [2.75, 3.05) is 13.7 Å². The molecule has 150 valence electrons. The topological polar surface area (TPSA) is 110 Å². The number of rotatable bonds is 10. The van der Waals surface area contributed by atoms with E-state index in [9.17, 15) is 9.59 Å². The summed E-state index contributed by atoms with van der Waals surface area (Å²) in [5.41, 5.74) is 1.85. The number of hydrogen-bond acceptors (Lipinski definition) is 5. The summed E-state index contributed by atoms with van der Waals surface area (Å²) >= 11 is 0. The van der Waals surface area contributed by atoms with Crippen LogP contribution < -0.4 is 20.1 Å². The largest absolute Gasteiger partial charge is 0.493 e. The van der Waals surface area contributed by atoms with E-state index in [0.717, 1.165) is 11.1 Å². The average Bonchev–Trinajstić information content (AvgIpc) is 2.70. The second-order valence-electron chi connectivity index (χ2n) is 6.17. The Balaban J connectivity index is 1.90. The lowest BCUT2D eigenvalue weighted by Gasteiger charge is -2.17. The summed E-state index contributed by atoms with van der Waals surface area (Å²) in [6.07, 6.45) is 3.82. The van der Waals surface area contributed by atoms with E-state index >= 15 is 0 Å². The lowest BCUT2D eigenvalue weighted by atomic mass is 10.1. The number of nitrogens with one attached hydrogen (secondary N) is 2. The third-order valence-corrected chi connectivity index (χ3v) is 4.03. The number of pyridine rings is 1. The quantitative estimate of drug-likeness (QED) is 0.541. The van der Waals surface area contributed by atoms with Crippen molar-refractivity contribution >= 4 is 12.0 Å². The molecule has 2 rings (SSSR count). The zero-order valence-electron chi connectivity index (χ0n) is 16.0. The van der Waals surface area contributed by atoms with Crippen molar-refractivity contribution < 1.29 is 24.2 Å². The molecule has 0 aliphatic carbocycles. The van der Waals surface area contributed by atoms with Crippen LogP contribution >= 0.6 is 0 Å². The molecule has 1 aromatic carbocycles. The van der Waals surface area contributed by atoms with Gasteiger partial charge in [-0.3, -0.25) is 9.78 Å². The highest BCUT2D eigenvalue weighted by atomic mass is 16.5. The van der Waals surface area contributed by atoms with Crippen molar-refractivity contribution in [2.24, 2.45) is 0 Å². The number of ether oxygens (including phenoxy) is 2. The number of hydrogen-bond donors (Lipinski definition) is 3. The summed E-state index contributed by atoms with van der Waals surface area (Å²) < 4.78 is 11.2. The predicted octanol–water partition coefficient (Wildman–Crippen LogP) is 2.89. The minimum Gasteiger partial charge on any atom is -0.493 e. The molecular formula is C20H25N3O5. The van der Waals surface area contributed by atoms with E-state index in [1.54, 1.807) is 25.6 Å². The van der Waals surface area contributed by atoms with E-state index in [1.165, 1.54) is 0 Å². The molecule has 2 amide bonds. The Kier molecular flexibility index (Phi) is 8.08. The van der Waals surface area contributed by atoms with Crippen LogP contribution in [0.3, 0.4) is 0 Å². The number of carboxylic acids is 1. The molecule has 0 bridgehead atoms. The Hall–Kier alpha value is -3.29. The molecule has 0 radical (unpaired) electrons. The molecule has 8 nitrogen and oxygen atoms in total. The Bertz CT molecular complexity index is 783. The molecule has 0 aliphatic rings. The van der Waals surface area contributed by atoms with Gasteiger partial charge in [0.25, 0.3) is 0 Å². The smallest absolute Gasteiger partial charge is 0.315 e. The molecule has 0 aliphatic heterocycles. The summed E-state index contributed by atoms with van der Waals surface area (Å²) in [7, 11) is 1.56. The minimum atomic E-state index is -0.881. The van der Waals surface area contributed by atoms with Crippen LogP contribution in [0.15, 0.2) is 42.7 Å². The Morgan fingerprint density at radius 1 is 1.18 bits per heavy atom. The lowest BCUT2D eigenvalue weighted by molar-refractivity contribution is -0.137. The zero-order chi connectivity index (χ0) is 20.4. The fourth-order valence-electron chi connectivity index (χ4n) is 2.49. The second-order valence-corrected chi connectivity index (χ2v) is 6.17. The van der Waals surface area contributed by atoms with Gasteiger partial charge in [0.15, 0.2) is 11.5 Å². The Labute approximate surface area is 163 Å². The number of carbonyl (C=O) groups is 2. The highest BCUT2D eigenvalue weighted by Gasteiger charge is 2.13. The van der Waals surface area contributed by atoms with Crippen molar-refractivity contribution in [1.82, 2.24) is 15.6 Å². The highest BCUT2D eigenvalue weighted by molar-refractivity contribution is 5.74. The van der Waals surface area contributed by atoms with E-state index in [0.29, 0.717) is 31.1 Å². The van der Waals surface area contributed by atoms with E-state index in [4.69, 9.17) is 14.6 Å². The maximum Gasteiger partial charge on any atom is 0.315 e. The van der Waals surface area contributed by atoms with Gasteiger partial charge in [-0.05, 0) is 48.7 Å². The third-order valence-electron chi connectivity index (χ3n) is 4.03. The van der Waals surface area contributed by atoms with Crippen LogP contribution in [-0.4, -0.2) is 35.7 Å². The first-order valence-corrected chi connectivity index (χ1v) is 8.95. The number of carboxylic acid groups (broad SMARTS) is 1. The van der Waals surface area contributed by atoms with Gasteiger partial charge in [-0.25, -0.2) is 4.79 Å². The molecular weight excluding hydrogens is 362 g/mol. The van der Waals surface area contributed by atoms with E-state index < -0.39 is 5.97 Å². The van der Waals surface area contributed by atoms with Crippen molar-refractivity contribution in [3.63, 3.8) is 0 Å². The first kappa shape index (κ1) is 21.0. The highest BCUT2D eigenvalue weighted by Crippen LogP contribution is 2.30. The van der Waals surface area contributed by atoms with Gasteiger partial charge in [0, 0.05) is 25.4 Å². The summed E-state index contributed by atoms with van der Waals surface area (Å²) in [6, 6.07) is 8.62. The molecule has 1 atom stereocenters. The maximum atomic E-state index is 11.9. The van der Waals surface area contributed by atoms with Gasteiger partial charge in [0.1, 0.15) is 6.61 Å². The van der Waals surface area contributed by atoms with E-state index in [-0.39, 0.29) is 18.5 Å².